The highest BCUT2D eigenvalue weighted by Gasteiger charge is 2.29. The van der Waals surface area contributed by atoms with Crippen LogP contribution < -0.4 is 10.6 Å². The first kappa shape index (κ1) is 30.6. The largest absolute Gasteiger partial charge is 0.467 e. The fourth-order valence-corrected chi connectivity index (χ4v) is 4.73. The number of ether oxygens (including phenoxy) is 3. The third kappa shape index (κ3) is 8.52. The molecular formula is C28H28ClFN2O7S. The summed E-state index contributed by atoms with van der Waals surface area (Å²) >= 11 is 7.19. The zero-order valence-electron chi connectivity index (χ0n) is 22.2. The van der Waals surface area contributed by atoms with Gasteiger partial charge in [-0.05, 0) is 44.5 Å². The summed E-state index contributed by atoms with van der Waals surface area (Å²) in [5.41, 5.74) is -0.208. The number of thiophene rings is 1. The van der Waals surface area contributed by atoms with Gasteiger partial charge < -0.3 is 19.5 Å². The zero-order valence-corrected chi connectivity index (χ0v) is 23.8. The number of carbonyl (C=O) groups excluding carboxylic acids is 4. The van der Waals surface area contributed by atoms with Crippen LogP contribution in [0.3, 0.4) is 0 Å². The number of halogens is 2. The van der Waals surface area contributed by atoms with Gasteiger partial charge in [0.2, 0.25) is 0 Å². The molecule has 0 bridgehead atoms. The Bertz CT molecular complexity index is 1390. The second-order valence-electron chi connectivity index (χ2n) is 9.51. The summed E-state index contributed by atoms with van der Waals surface area (Å²) in [4.78, 5) is 51.4. The first-order chi connectivity index (χ1) is 18.9. The van der Waals surface area contributed by atoms with Crippen LogP contribution in [0.1, 0.15) is 47.1 Å². The van der Waals surface area contributed by atoms with Crippen molar-refractivity contribution in [3.05, 3.63) is 86.3 Å². The molecule has 2 aromatic carbocycles. The summed E-state index contributed by atoms with van der Waals surface area (Å²) in [7, 11) is 1.15. The molecule has 1 atom stereocenters. The van der Waals surface area contributed by atoms with E-state index in [-0.39, 0.29) is 34.9 Å². The minimum Gasteiger partial charge on any atom is -0.467 e. The normalized spacial score (nSPS) is 11.8. The minimum absolute atomic E-state index is 0.00590. The number of methoxy groups -OCH3 is 1. The van der Waals surface area contributed by atoms with E-state index in [1.165, 1.54) is 11.4 Å². The molecule has 0 saturated heterocycles. The van der Waals surface area contributed by atoms with Gasteiger partial charge in [0.25, 0.3) is 0 Å². The molecule has 212 valence electrons. The maximum Gasteiger partial charge on any atom is 0.412 e. The molecule has 0 fully saturated rings. The molecule has 0 saturated carbocycles. The number of alkyl carbamates (subject to hydrolysis) is 1. The number of hydrogen-bond donors (Lipinski definition) is 2. The standard InChI is InChI=1S/C28H28ClFN2O7S/c1-28(2,3)39-27(36)32-23-19(24(33)18-12-17(30)10-11-20(18)29)15-40-22(23)13-21(25(34)37-4)31-26(35)38-14-16-8-6-5-7-9-16/h5-12,15,21H,13-14H2,1-4H3,(H,31,35)(H,32,36). The molecule has 2 N–H and O–H groups in total. The highest BCUT2D eigenvalue weighted by Crippen LogP contribution is 2.33. The van der Waals surface area contributed by atoms with Gasteiger partial charge in [0.1, 0.15) is 24.1 Å². The van der Waals surface area contributed by atoms with Crippen molar-refractivity contribution in [3.63, 3.8) is 0 Å². The van der Waals surface area contributed by atoms with Gasteiger partial charge in [-0.25, -0.2) is 18.8 Å². The maximum absolute atomic E-state index is 13.9. The van der Waals surface area contributed by atoms with Crippen molar-refractivity contribution >= 4 is 52.6 Å². The van der Waals surface area contributed by atoms with E-state index < -0.39 is 41.4 Å². The predicted molar refractivity (Wildman–Crippen MR) is 148 cm³/mol. The molecule has 3 aromatic rings. The van der Waals surface area contributed by atoms with Crippen molar-refractivity contribution in [3.8, 4) is 0 Å². The lowest BCUT2D eigenvalue weighted by Gasteiger charge is -2.21. The lowest BCUT2D eigenvalue weighted by molar-refractivity contribution is -0.142. The Morgan fingerprint density at radius 3 is 2.38 bits per heavy atom. The molecule has 0 aliphatic rings. The van der Waals surface area contributed by atoms with Crippen LogP contribution in [0.4, 0.5) is 19.7 Å². The van der Waals surface area contributed by atoms with Gasteiger partial charge in [0.05, 0.1) is 23.4 Å². The third-order valence-corrected chi connectivity index (χ3v) is 6.63. The number of hydrogen-bond acceptors (Lipinski definition) is 8. The Hall–Kier alpha value is -3.96. The van der Waals surface area contributed by atoms with Gasteiger partial charge in [-0.3, -0.25) is 10.1 Å². The van der Waals surface area contributed by atoms with E-state index in [1.807, 2.05) is 6.07 Å². The highest BCUT2D eigenvalue weighted by molar-refractivity contribution is 7.11. The van der Waals surface area contributed by atoms with E-state index in [4.69, 9.17) is 25.8 Å². The van der Waals surface area contributed by atoms with Crippen LogP contribution in [-0.4, -0.2) is 42.7 Å². The summed E-state index contributed by atoms with van der Waals surface area (Å²) < 4.78 is 29.3. The second-order valence-corrected chi connectivity index (χ2v) is 10.9. The first-order valence-electron chi connectivity index (χ1n) is 12.0. The van der Waals surface area contributed by atoms with Gasteiger partial charge >= 0.3 is 18.2 Å². The van der Waals surface area contributed by atoms with E-state index in [0.717, 1.165) is 36.1 Å². The van der Waals surface area contributed by atoms with E-state index in [1.54, 1.807) is 45.0 Å². The van der Waals surface area contributed by atoms with Crippen LogP contribution in [-0.2, 0) is 32.0 Å². The molecule has 0 aliphatic carbocycles. The quantitative estimate of drug-likeness (QED) is 0.175. The molecule has 3 rings (SSSR count). The molecule has 0 aliphatic heterocycles. The van der Waals surface area contributed by atoms with Gasteiger partial charge in [0, 0.05) is 22.2 Å². The molecule has 1 heterocycles. The van der Waals surface area contributed by atoms with Crippen molar-refractivity contribution in [2.45, 2.75) is 45.4 Å². The summed E-state index contributed by atoms with van der Waals surface area (Å²) in [5, 5.41) is 6.47. The molecule has 12 heteroatoms. The Morgan fingerprint density at radius 2 is 1.73 bits per heavy atom. The molecule has 2 amide bonds. The Balaban J connectivity index is 1.90. The van der Waals surface area contributed by atoms with Crippen molar-refractivity contribution < 1.29 is 37.8 Å². The molecule has 0 spiro atoms. The number of amides is 2. The number of esters is 1. The Kier molecular flexibility index (Phi) is 10.2. The minimum atomic E-state index is -1.23. The number of ketones is 1. The van der Waals surface area contributed by atoms with Crippen molar-refractivity contribution in [1.82, 2.24) is 5.32 Å². The van der Waals surface area contributed by atoms with Gasteiger partial charge in [0.15, 0.2) is 5.78 Å². The number of nitrogens with one attached hydrogen (secondary N) is 2. The smallest absolute Gasteiger partial charge is 0.412 e. The summed E-state index contributed by atoms with van der Waals surface area (Å²) in [6.45, 7) is 4.96. The fourth-order valence-electron chi connectivity index (χ4n) is 3.50. The van der Waals surface area contributed by atoms with Crippen LogP contribution >= 0.6 is 22.9 Å². The molecule has 40 heavy (non-hydrogen) atoms. The third-order valence-electron chi connectivity index (χ3n) is 5.29. The van der Waals surface area contributed by atoms with Crippen LogP contribution in [0.5, 0.6) is 0 Å². The number of rotatable bonds is 9. The zero-order chi connectivity index (χ0) is 29.4. The number of benzene rings is 2. The van der Waals surface area contributed by atoms with Gasteiger partial charge in [-0.15, -0.1) is 11.3 Å². The summed E-state index contributed by atoms with van der Waals surface area (Å²) in [5.74, 6) is -2.12. The second kappa shape index (κ2) is 13.4. The van der Waals surface area contributed by atoms with E-state index >= 15 is 0 Å². The summed E-state index contributed by atoms with van der Waals surface area (Å²) in [6, 6.07) is 11.1. The average molecular weight is 591 g/mol. The van der Waals surface area contributed by atoms with Gasteiger partial charge in [-0.1, -0.05) is 41.9 Å². The molecule has 9 nitrogen and oxygen atoms in total. The fraction of sp³-hybridized carbons (Fsp3) is 0.286. The lowest BCUT2D eigenvalue weighted by Crippen LogP contribution is -2.43. The lowest BCUT2D eigenvalue weighted by atomic mass is 10.0. The topological polar surface area (TPSA) is 120 Å². The van der Waals surface area contributed by atoms with Crippen LogP contribution in [0.15, 0.2) is 53.9 Å². The SMILES string of the molecule is COC(=O)C(Cc1scc(C(=O)c2cc(F)ccc2Cl)c1NC(=O)OC(C)(C)C)NC(=O)OCc1ccccc1. The predicted octanol–water partition coefficient (Wildman–Crippen LogP) is 6.13. The molecule has 1 aromatic heterocycles. The van der Waals surface area contributed by atoms with E-state index in [0.29, 0.717) is 4.88 Å². The van der Waals surface area contributed by atoms with Gasteiger partial charge in [-0.2, -0.15) is 0 Å². The number of anilines is 1. The molecule has 0 radical (unpaired) electrons. The van der Waals surface area contributed by atoms with Crippen molar-refractivity contribution in [2.75, 3.05) is 12.4 Å². The van der Waals surface area contributed by atoms with Crippen LogP contribution in [0.2, 0.25) is 5.02 Å². The number of carbonyl (C=O) groups is 4. The van der Waals surface area contributed by atoms with E-state index in [9.17, 15) is 23.6 Å². The summed E-state index contributed by atoms with van der Waals surface area (Å²) in [6.07, 6.45) is -1.91. The van der Waals surface area contributed by atoms with Crippen LogP contribution in [0, 0.1) is 5.82 Å². The van der Waals surface area contributed by atoms with Crippen molar-refractivity contribution in [1.29, 1.82) is 0 Å². The first-order valence-corrected chi connectivity index (χ1v) is 13.3. The Morgan fingerprint density at radius 1 is 1.02 bits per heavy atom. The molecular weight excluding hydrogens is 563 g/mol. The monoisotopic (exact) mass is 590 g/mol. The van der Waals surface area contributed by atoms with Crippen molar-refractivity contribution in [2.24, 2.45) is 0 Å². The molecule has 1 unspecified atom stereocenters. The maximum atomic E-state index is 13.9. The average Bonchev–Trinajstić information content (AvgIpc) is 3.28. The Labute approximate surface area is 239 Å². The van der Waals surface area contributed by atoms with E-state index in [2.05, 4.69) is 10.6 Å². The van der Waals surface area contributed by atoms with Crippen LogP contribution in [0.25, 0.3) is 0 Å². The highest BCUT2D eigenvalue weighted by atomic mass is 35.5.